The summed E-state index contributed by atoms with van der Waals surface area (Å²) >= 11 is 0. The average Bonchev–Trinajstić information content (AvgIpc) is 3.17. The molecule has 0 amide bonds. The van der Waals surface area contributed by atoms with Crippen LogP contribution in [0.3, 0.4) is 0 Å². The van der Waals surface area contributed by atoms with Crippen molar-refractivity contribution in [3.63, 3.8) is 0 Å². The highest BCUT2D eigenvalue weighted by atomic mass is 16.7. The molecule has 3 aromatic carbocycles. The summed E-state index contributed by atoms with van der Waals surface area (Å²) in [6, 6.07) is 29.1. The van der Waals surface area contributed by atoms with E-state index in [0.29, 0.717) is 13.2 Å². The Bertz CT molecular complexity index is 1060. The van der Waals surface area contributed by atoms with Crippen LogP contribution in [0.2, 0.25) is 0 Å². The van der Waals surface area contributed by atoms with E-state index in [0.717, 1.165) is 16.7 Å². The Morgan fingerprint density at radius 3 is 1.83 bits per heavy atom. The summed E-state index contributed by atoms with van der Waals surface area (Å²) in [4.78, 5) is 11.5. The molecule has 4 atom stereocenters. The van der Waals surface area contributed by atoms with Crippen molar-refractivity contribution in [3.05, 3.63) is 108 Å². The predicted molar refractivity (Wildman–Crippen MR) is 133 cm³/mol. The zero-order valence-electron chi connectivity index (χ0n) is 20.3. The Kier molecular flexibility index (Phi) is 9.22. The van der Waals surface area contributed by atoms with Gasteiger partial charge in [0.25, 0.3) is 0 Å². The molecule has 0 saturated carbocycles. The van der Waals surface area contributed by atoms with E-state index in [1.54, 1.807) is 0 Å². The van der Waals surface area contributed by atoms with Crippen molar-refractivity contribution in [1.82, 2.24) is 0 Å². The fourth-order valence-electron chi connectivity index (χ4n) is 4.11. The number of rotatable bonds is 12. The van der Waals surface area contributed by atoms with Crippen molar-refractivity contribution in [2.24, 2.45) is 0 Å². The number of carbonyl (C=O) groups is 1. The van der Waals surface area contributed by atoms with Crippen LogP contribution in [0, 0.1) is 0 Å². The lowest BCUT2D eigenvalue weighted by molar-refractivity contribution is -0.263. The molecular weight excluding hydrogens is 460 g/mol. The SMILES string of the molecule is CC(=O)OCC1(O)O[C@H](COCc2ccccc2)[C@@H](OCc2ccccc2)[C@@H]1OCc1ccccc1. The molecule has 36 heavy (non-hydrogen) atoms. The van der Waals surface area contributed by atoms with E-state index in [1.165, 1.54) is 6.92 Å². The van der Waals surface area contributed by atoms with Crippen LogP contribution in [0.1, 0.15) is 23.6 Å². The molecule has 0 aliphatic carbocycles. The quantitative estimate of drug-likeness (QED) is 0.382. The lowest BCUT2D eigenvalue weighted by Crippen LogP contribution is -2.49. The fourth-order valence-corrected chi connectivity index (χ4v) is 4.11. The molecule has 0 bridgehead atoms. The first kappa shape index (κ1) is 26.0. The van der Waals surface area contributed by atoms with E-state index in [2.05, 4.69) is 0 Å². The fraction of sp³-hybridized carbons (Fsp3) is 0.345. The van der Waals surface area contributed by atoms with Gasteiger partial charge in [-0.05, 0) is 16.7 Å². The van der Waals surface area contributed by atoms with Crippen LogP contribution < -0.4 is 0 Å². The number of hydrogen-bond acceptors (Lipinski definition) is 7. The Morgan fingerprint density at radius 1 is 0.806 bits per heavy atom. The number of benzene rings is 3. The van der Waals surface area contributed by atoms with Gasteiger partial charge in [0.1, 0.15) is 24.9 Å². The van der Waals surface area contributed by atoms with Gasteiger partial charge in [0, 0.05) is 6.92 Å². The molecule has 1 aliphatic heterocycles. The number of esters is 1. The van der Waals surface area contributed by atoms with Gasteiger partial charge in [-0.25, -0.2) is 0 Å². The minimum absolute atomic E-state index is 0.155. The predicted octanol–water partition coefficient (Wildman–Crippen LogP) is 4.02. The van der Waals surface area contributed by atoms with Crippen molar-refractivity contribution in [2.75, 3.05) is 13.2 Å². The van der Waals surface area contributed by atoms with Crippen LogP contribution in [0.15, 0.2) is 91.0 Å². The van der Waals surface area contributed by atoms with Crippen molar-refractivity contribution in [1.29, 1.82) is 0 Å². The number of hydrogen-bond donors (Lipinski definition) is 1. The molecule has 1 saturated heterocycles. The third-order valence-corrected chi connectivity index (χ3v) is 5.90. The third-order valence-electron chi connectivity index (χ3n) is 5.90. The minimum atomic E-state index is -1.90. The van der Waals surface area contributed by atoms with Gasteiger partial charge >= 0.3 is 5.97 Å². The van der Waals surface area contributed by atoms with Crippen LogP contribution in [-0.4, -0.2) is 48.4 Å². The second-order valence-electron chi connectivity index (χ2n) is 8.76. The summed E-state index contributed by atoms with van der Waals surface area (Å²) in [5, 5.41) is 11.5. The van der Waals surface area contributed by atoms with Gasteiger partial charge in [0.15, 0.2) is 0 Å². The van der Waals surface area contributed by atoms with E-state index in [1.807, 2.05) is 91.0 Å². The molecule has 7 nitrogen and oxygen atoms in total. The van der Waals surface area contributed by atoms with Crippen LogP contribution in [0.25, 0.3) is 0 Å². The first-order valence-corrected chi connectivity index (χ1v) is 12.0. The molecule has 190 valence electrons. The lowest BCUT2D eigenvalue weighted by Gasteiger charge is -2.30. The molecule has 0 radical (unpaired) electrons. The lowest BCUT2D eigenvalue weighted by atomic mass is 10.0. The topological polar surface area (TPSA) is 83.5 Å². The number of aliphatic hydroxyl groups is 1. The van der Waals surface area contributed by atoms with Gasteiger partial charge in [0.2, 0.25) is 5.79 Å². The second-order valence-corrected chi connectivity index (χ2v) is 8.76. The Balaban J connectivity index is 1.52. The normalized spacial score (nSPS) is 23.4. The highest BCUT2D eigenvalue weighted by Crippen LogP contribution is 2.35. The molecule has 1 unspecified atom stereocenters. The van der Waals surface area contributed by atoms with Gasteiger partial charge in [-0.2, -0.15) is 0 Å². The van der Waals surface area contributed by atoms with Crippen LogP contribution in [0.5, 0.6) is 0 Å². The summed E-state index contributed by atoms with van der Waals surface area (Å²) in [5.74, 6) is -2.43. The minimum Gasteiger partial charge on any atom is -0.460 e. The van der Waals surface area contributed by atoms with Gasteiger partial charge in [-0.3, -0.25) is 4.79 Å². The first-order chi connectivity index (χ1) is 17.5. The molecule has 7 heteroatoms. The van der Waals surface area contributed by atoms with Gasteiger partial charge in [0.05, 0.1) is 26.4 Å². The molecule has 1 fully saturated rings. The maximum absolute atomic E-state index is 11.5. The summed E-state index contributed by atoms with van der Waals surface area (Å²) in [6.07, 6.45) is -2.25. The molecule has 1 heterocycles. The van der Waals surface area contributed by atoms with E-state index in [-0.39, 0.29) is 19.8 Å². The van der Waals surface area contributed by atoms with Gasteiger partial charge < -0.3 is 28.8 Å². The van der Waals surface area contributed by atoms with Crippen molar-refractivity contribution >= 4 is 5.97 Å². The molecule has 0 spiro atoms. The Morgan fingerprint density at radius 2 is 1.31 bits per heavy atom. The highest BCUT2D eigenvalue weighted by molar-refractivity contribution is 5.65. The summed E-state index contributed by atoms with van der Waals surface area (Å²) < 4.78 is 29.6. The summed E-state index contributed by atoms with van der Waals surface area (Å²) in [6.45, 7) is 1.94. The Labute approximate surface area is 211 Å². The van der Waals surface area contributed by atoms with E-state index < -0.39 is 30.1 Å². The first-order valence-electron chi connectivity index (χ1n) is 12.0. The van der Waals surface area contributed by atoms with Crippen molar-refractivity contribution in [3.8, 4) is 0 Å². The molecule has 3 aromatic rings. The molecular formula is C29H32O7. The largest absolute Gasteiger partial charge is 0.460 e. The van der Waals surface area contributed by atoms with E-state index in [4.69, 9.17) is 23.7 Å². The number of ether oxygens (including phenoxy) is 5. The zero-order chi connectivity index (χ0) is 25.2. The average molecular weight is 493 g/mol. The maximum Gasteiger partial charge on any atom is 0.302 e. The number of carbonyl (C=O) groups excluding carboxylic acids is 1. The van der Waals surface area contributed by atoms with Crippen LogP contribution >= 0.6 is 0 Å². The van der Waals surface area contributed by atoms with E-state index in [9.17, 15) is 9.90 Å². The maximum atomic E-state index is 11.5. The summed E-state index contributed by atoms with van der Waals surface area (Å²) in [5.41, 5.74) is 2.92. The zero-order valence-corrected chi connectivity index (χ0v) is 20.3. The molecule has 0 aromatic heterocycles. The standard InChI is InChI=1S/C29H32O7/c1-22(30)35-21-29(31)28(34-19-25-15-9-4-10-16-25)27(33-18-24-13-7-3-8-14-24)26(36-29)20-32-17-23-11-5-2-6-12-23/h2-16,26-28,31H,17-21H2,1H3/t26-,27-,28+,29?/m1/s1. The highest BCUT2D eigenvalue weighted by Gasteiger charge is 2.57. The van der Waals surface area contributed by atoms with Gasteiger partial charge in [-0.15, -0.1) is 0 Å². The monoisotopic (exact) mass is 492 g/mol. The molecule has 4 rings (SSSR count). The molecule has 1 aliphatic rings. The third kappa shape index (κ3) is 7.22. The molecule has 1 N–H and O–H groups in total. The van der Waals surface area contributed by atoms with Crippen molar-refractivity contribution < 1.29 is 33.6 Å². The van der Waals surface area contributed by atoms with Crippen LogP contribution in [0.4, 0.5) is 0 Å². The summed E-state index contributed by atoms with van der Waals surface area (Å²) in [7, 11) is 0. The van der Waals surface area contributed by atoms with E-state index >= 15 is 0 Å². The van der Waals surface area contributed by atoms with Gasteiger partial charge in [-0.1, -0.05) is 91.0 Å². The Hall–Kier alpha value is -3.07. The van der Waals surface area contributed by atoms with Crippen LogP contribution in [-0.2, 0) is 48.3 Å². The second kappa shape index (κ2) is 12.8. The van der Waals surface area contributed by atoms with Crippen molar-refractivity contribution in [2.45, 2.75) is 50.8 Å². The smallest absolute Gasteiger partial charge is 0.302 e.